The molecule has 1 aromatic rings. The summed E-state index contributed by atoms with van der Waals surface area (Å²) in [6.45, 7) is 4.85. The van der Waals surface area contributed by atoms with Crippen LogP contribution in [0.2, 0.25) is 0 Å². The number of hydrogen-bond acceptors (Lipinski definition) is 5. The largest absolute Gasteiger partial charge is 0.375 e. The molecule has 0 aliphatic carbocycles. The van der Waals surface area contributed by atoms with Gasteiger partial charge in [0.25, 0.3) is 0 Å². The Morgan fingerprint density at radius 3 is 2.87 bits per heavy atom. The molecule has 128 valence electrons. The van der Waals surface area contributed by atoms with E-state index < -0.39 is 10.0 Å². The lowest BCUT2D eigenvalue weighted by Crippen LogP contribution is -2.53. The highest BCUT2D eigenvalue weighted by Gasteiger charge is 2.42. The first kappa shape index (κ1) is 16.8. The van der Waals surface area contributed by atoms with Gasteiger partial charge in [0.1, 0.15) is 4.90 Å². The van der Waals surface area contributed by atoms with E-state index in [1.807, 2.05) is 0 Å². The van der Waals surface area contributed by atoms with Crippen LogP contribution in [0.25, 0.3) is 0 Å². The van der Waals surface area contributed by atoms with Gasteiger partial charge in [-0.05, 0) is 44.4 Å². The zero-order valence-corrected chi connectivity index (χ0v) is 14.4. The minimum absolute atomic E-state index is 0.161. The molecule has 0 aromatic carbocycles. The molecule has 3 heterocycles. The minimum Gasteiger partial charge on any atom is -0.375 e. The van der Waals surface area contributed by atoms with Gasteiger partial charge < -0.3 is 10.1 Å². The highest BCUT2D eigenvalue weighted by atomic mass is 32.2. The van der Waals surface area contributed by atoms with Crippen LogP contribution in [0.5, 0.6) is 0 Å². The Morgan fingerprint density at radius 1 is 1.43 bits per heavy atom. The minimum atomic E-state index is -3.44. The number of sulfonamides is 1. The summed E-state index contributed by atoms with van der Waals surface area (Å²) in [7, 11) is -3.44. The van der Waals surface area contributed by atoms with E-state index in [4.69, 9.17) is 4.74 Å². The molecule has 2 fully saturated rings. The average Bonchev–Trinajstić information content (AvgIpc) is 2.57. The number of nitrogens with one attached hydrogen (secondary N) is 1. The summed E-state index contributed by atoms with van der Waals surface area (Å²) in [6.07, 6.45) is 6.52. The van der Waals surface area contributed by atoms with Crippen molar-refractivity contribution in [1.82, 2.24) is 14.6 Å². The lowest BCUT2D eigenvalue weighted by Gasteiger charge is -2.46. The molecule has 3 rings (SSSR count). The quantitative estimate of drug-likeness (QED) is 0.898. The first-order valence-corrected chi connectivity index (χ1v) is 9.77. The first-order chi connectivity index (χ1) is 11.1. The number of pyridine rings is 1. The Labute approximate surface area is 138 Å². The van der Waals surface area contributed by atoms with Gasteiger partial charge in [-0.25, -0.2) is 8.42 Å². The van der Waals surface area contributed by atoms with Crippen molar-refractivity contribution in [2.45, 2.75) is 49.1 Å². The van der Waals surface area contributed by atoms with Crippen LogP contribution in [0, 0.1) is 0 Å². The molecule has 0 radical (unpaired) electrons. The number of piperidine rings is 1. The number of nitrogens with zero attached hydrogens (tertiary/aromatic N) is 2. The van der Waals surface area contributed by atoms with Crippen LogP contribution in [-0.4, -0.2) is 55.6 Å². The van der Waals surface area contributed by atoms with Crippen molar-refractivity contribution in [3.8, 4) is 0 Å². The van der Waals surface area contributed by atoms with Crippen LogP contribution in [0.4, 0.5) is 0 Å². The van der Waals surface area contributed by atoms with Gasteiger partial charge in [0, 0.05) is 38.1 Å². The molecular formula is C16H25N3O3S. The zero-order valence-electron chi connectivity index (χ0n) is 13.6. The lowest BCUT2D eigenvalue weighted by molar-refractivity contribution is -0.112. The van der Waals surface area contributed by atoms with Gasteiger partial charge in [-0.1, -0.05) is 6.92 Å². The molecule has 2 aliphatic rings. The molecule has 0 amide bonds. The van der Waals surface area contributed by atoms with Crippen molar-refractivity contribution >= 4 is 10.0 Å². The van der Waals surface area contributed by atoms with Crippen LogP contribution in [0.15, 0.2) is 29.4 Å². The van der Waals surface area contributed by atoms with Crippen molar-refractivity contribution in [3.05, 3.63) is 24.5 Å². The van der Waals surface area contributed by atoms with Gasteiger partial charge in [0.15, 0.2) is 0 Å². The third kappa shape index (κ3) is 3.57. The van der Waals surface area contributed by atoms with Crippen molar-refractivity contribution in [2.75, 3.05) is 26.2 Å². The highest BCUT2D eigenvalue weighted by Crippen LogP contribution is 2.36. The van der Waals surface area contributed by atoms with Crippen molar-refractivity contribution in [3.63, 3.8) is 0 Å². The van der Waals surface area contributed by atoms with Crippen LogP contribution < -0.4 is 5.32 Å². The molecule has 6 nitrogen and oxygen atoms in total. The molecule has 1 N–H and O–H groups in total. The molecule has 1 spiro atoms. The van der Waals surface area contributed by atoms with E-state index in [-0.39, 0.29) is 10.5 Å². The summed E-state index contributed by atoms with van der Waals surface area (Å²) < 4.78 is 33.0. The molecule has 23 heavy (non-hydrogen) atoms. The Kier molecular flexibility index (Phi) is 5.01. The van der Waals surface area contributed by atoms with Gasteiger partial charge in [-0.15, -0.1) is 0 Å². The fraction of sp³-hybridized carbons (Fsp3) is 0.688. The number of aromatic nitrogens is 1. The van der Waals surface area contributed by atoms with E-state index in [9.17, 15) is 8.42 Å². The normalized spacial score (nSPS) is 25.5. The predicted molar refractivity (Wildman–Crippen MR) is 87.6 cm³/mol. The second-order valence-corrected chi connectivity index (χ2v) is 8.31. The van der Waals surface area contributed by atoms with Gasteiger partial charge in [0.2, 0.25) is 10.0 Å². The van der Waals surface area contributed by atoms with Crippen LogP contribution in [-0.2, 0) is 14.8 Å². The molecular weight excluding hydrogens is 314 g/mol. The fourth-order valence-corrected chi connectivity index (χ4v) is 5.03. The summed E-state index contributed by atoms with van der Waals surface area (Å²) in [4.78, 5) is 4.19. The third-order valence-electron chi connectivity index (χ3n) is 4.89. The average molecular weight is 339 g/mol. The zero-order chi connectivity index (χ0) is 16.3. The second kappa shape index (κ2) is 6.84. The second-order valence-electron chi connectivity index (χ2n) is 6.37. The van der Waals surface area contributed by atoms with Crippen LogP contribution in [0.3, 0.4) is 0 Å². The summed E-state index contributed by atoms with van der Waals surface area (Å²) in [6, 6.07) is 3.74. The maximum atomic E-state index is 12.7. The standard InChI is InChI=1S/C16H25N3O3S/c1-2-18-14-5-11-22-16(12-14)6-9-19(10-7-16)23(20,21)15-4-3-8-17-13-15/h3-4,8,13-14,18H,2,5-7,9-12H2,1H3/t14-/m0/s1. The molecule has 2 aliphatic heterocycles. The van der Waals surface area contributed by atoms with E-state index in [0.717, 1.165) is 38.8 Å². The van der Waals surface area contributed by atoms with E-state index in [1.165, 1.54) is 6.20 Å². The number of rotatable bonds is 4. The van der Waals surface area contributed by atoms with E-state index >= 15 is 0 Å². The first-order valence-electron chi connectivity index (χ1n) is 8.33. The maximum absolute atomic E-state index is 12.7. The smallest absolute Gasteiger partial charge is 0.244 e. The topological polar surface area (TPSA) is 71.5 Å². The summed E-state index contributed by atoms with van der Waals surface area (Å²) >= 11 is 0. The predicted octanol–water partition coefficient (Wildman–Crippen LogP) is 1.39. The molecule has 1 atom stereocenters. The van der Waals surface area contributed by atoms with E-state index in [0.29, 0.717) is 19.1 Å². The SMILES string of the molecule is CCN[C@H]1CCOC2(CCN(S(=O)(=O)c3cccnc3)CC2)C1. The third-order valence-corrected chi connectivity index (χ3v) is 6.77. The maximum Gasteiger partial charge on any atom is 0.244 e. The summed E-state index contributed by atoms with van der Waals surface area (Å²) in [5.41, 5.74) is -0.161. The van der Waals surface area contributed by atoms with Gasteiger partial charge >= 0.3 is 0 Å². The highest BCUT2D eigenvalue weighted by molar-refractivity contribution is 7.89. The Balaban J connectivity index is 1.66. The molecule has 2 saturated heterocycles. The van der Waals surface area contributed by atoms with Crippen LogP contribution >= 0.6 is 0 Å². The number of ether oxygens (including phenoxy) is 1. The molecule has 1 aromatic heterocycles. The van der Waals surface area contributed by atoms with Crippen molar-refractivity contribution < 1.29 is 13.2 Å². The van der Waals surface area contributed by atoms with Crippen LogP contribution in [0.1, 0.15) is 32.6 Å². The van der Waals surface area contributed by atoms with Gasteiger partial charge in [-0.2, -0.15) is 4.31 Å². The molecule has 0 saturated carbocycles. The van der Waals surface area contributed by atoms with Gasteiger partial charge in [0.05, 0.1) is 5.60 Å². The Hall–Kier alpha value is -1.02. The number of hydrogen-bond donors (Lipinski definition) is 1. The van der Waals surface area contributed by atoms with Gasteiger partial charge in [-0.3, -0.25) is 4.98 Å². The fourth-order valence-electron chi connectivity index (χ4n) is 3.62. The Morgan fingerprint density at radius 2 is 2.22 bits per heavy atom. The van der Waals surface area contributed by atoms with E-state index in [2.05, 4.69) is 17.2 Å². The van der Waals surface area contributed by atoms with E-state index in [1.54, 1.807) is 22.6 Å². The molecule has 0 bridgehead atoms. The molecule has 7 heteroatoms. The molecule has 0 unspecified atom stereocenters. The summed E-state index contributed by atoms with van der Waals surface area (Å²) in [5, 5.41) is 3.50. The lowest BCUT2D eigenvalue weighted by atomic mass is 9.83. The van der Waals surface area contributed by atoms with Crippen molar-refractivity contribution in [2.24, 2.45) is 0 Å². The Bertz CT molecular complexity index is 611. The summed E-state index contributed by atoms with van der Waals surface area (Å²) in [5.74, 6) is 0. The monoisotopic (exact) mass is 339 g/mol. The van der Waals surface area contributed by atoms with Crippen molar-refractivity contribution in [1.29, 1.82) is 0 Å².